The lowest BCUT2D eigenvalue weighted by Crippen LogP contribution is -2.27. The predicted molar refractivity (Wildman–Crippen MR) is 70.2 cm³/mol. The van der Waals surface area contributed by atoms with Crippen LogP contribution in [0.2, 0.25) is 0 Å². The van der Waals surface area contributed by atoms with Gasteiger partial charge in [-0.2, -0.15) is 0 Å². The number of hydrogen-bond acceptors (Lipinski definition) is 4. The molecule has 2 aliphatic heterocycles. The molecule has 1 fully saturated rings. The number of alkyl halides is 2. The second-order valence-electron chi connectivity index (χ2n) is 5.17. The van der Waals surface area contributed by atoms with E-state index in [-0.39, 0.29) is 42.8 Å². The second-order valence-corrected chi connectivity index (χ2v) is 5.17. The van der Waals surface area contributed by atoms with E-state index < -0.39 is 6.29 Å². The fourth-order valence-corrected chi connectivity index (χ4v) is 2.64. The number of likely N-dealkylation sites (tertiary alicyclic amines) is 1. The highest BCUT2D eigenvalue weighted by molar-refractivity contribution is 5.78. The number of azide groups is 1. The fourth-order valence-electron chi connectivity index (χ4n) is 2.64. The van der Waals surface area contributed by atoms with Crippen LogP contribution in [0.1, 0.15) is 12.0 Å². The summed E-state index contributed by atoms with van der Waals surface area (Å²) >= 11 is 0. The Morgan fingerprint density at radius 1 is 1.45 bits per heavy atom. The van der Waals surface area contributed by atoms with E-state index >= 15 is 0 Å². The Labute approximate surface area is 124 Å². The van der Waals surface area contributed by atoms with Gasteiger partial charge in [-0.15, -0.1) is 8.78 Å². The third-order valence-corrected chi connectivity index (χ3v) is 3.57. The number of carbonyl (C=O) groups excluding carboxylic acids is 1. The molecule has 0 aliphatic carbocycles. The number of nitrogens with zero attached hydrogens (tertiary/aromatic N) is 4. The van der Waals surface area contributed by atoms with Crippen LogP contribution >= 0.6 is 0 Å². The van der Waals surface area contributed by atoms with Crippen LogP contribution in [0.15, 0.2) is 23.3 Å². The van der Waals surface area contributed by atoms with Crippen molar-refractivity contribution in [3.05, 3.63) is 34.2 Å². The van der Waals surface area contributed by atoms with Crippen LogP contribution in [0.5, 0.6) is 11.5 Å². The van der Waals surface area contributed by atoms with Gasteiger partial charge in [0, 0.05) is 36.5 Å². The summed E-state index contributed by atoms with van der Waals surface area (Å²) in [6, 6.07) is 4.56. The van der Waals surface area contributed by atoms with E-state index in [1.807, 2.05) is 0 Å². The van der Waals surface area contributed by atoms with E-state index in [2.05, 4.69) is 19.5 Å². The molecule has 0 spiro atoms. The molecule has 1 unspecified atom stereocenters. The minimum Gasteiger partial charge on any atom is -0.395 e. The van der Waals surface area contributed by atoms with Crippen molar-refractivity contribution in [3.63, 3.8) is 0 Å². The van der Waals surface area contributed by atoms with Crippen molar-refractivity contribution in [1.29, 1.82) is 0 Å². The highest BCUT2D eigenvalue weighted by atomic mass is 19.3. The van der Waals surface area contributed by atoms with Gasteiger partial charge in [0.15, 0.2) is 11.5 Å². The van der Waals surface area contributed by atoms with E-state index in [4.69, 9.17) is 5.53 Å². The number of amides is 1. The maximum Gasteiger partial charge on any atom is 0.586 e. The molecular formula is C13H12F2N4O3. The van der Waals surface area contributed by atoms with Gasteiger partial charge in [-0.05, 0) is 17.5 Å². The number of hydrogen-bond donors (Lipinski definition) is 0. The van der Waals surface area contributed by atoms with Crippen LogP contribution in [0.3, 0.4) is 0 Å². The SMILES string of the molecule is [N-]=[N+]=NCC1CC(=O)N(Cc2cccc3c2OC(F)(F)O3)C1. The van der Waals surface area contributed by atoms with Crippen LogP contribution in [0, 0.1) is 5.92 Å². The predicted octanol–water partition coefficient (Wildman–Crippen LogP) is 2.67. The minimum absolute atomic E-state index is 0.0419. The Morgan fingerprint density at radius 3 is 3.05 bits per heavy atom. The number of para-hydroxylation sites is 1. The lowest BCUT2D eigenvalue weighted by Gasteiger charge is -2.17. The standard InChI is InChI=1S/C13H12F2N4O3/c14-13(15)21-10-3-1-2-9(12(10)22-13)7-19-6-8(4-11(19)20)5-17-18-16/h1-3,8H,4-7H2. The topological polar surface area (TPSA) is 87.5 Å². The first-order valence-electron chi connectivity index (χ1n) is 6.65. The first-order chi connectivity index (χ1) is 10.5. The van der Waals surface area contributed by atoms with Crippen molar-refractivity contribution in [1.82, 2.24) is 4.90 Å². The number of benzene rings is 1. The molecule has 0 saturated carbocycles. The summed E-state index contributed by atoms with van der Waals surface area (Å²) in [7, 11) is 0. The molecule has 1 saturated heterocycles. The molecular weight excluding hydrogens is 298 g/mol. The van der Waals surface area contributed by atoms with Crippen molar-refractivity contribution >= 4 is 5.91 Å². The fraction of sp³-hybridized carbons (Fsp3) is 0.462. The smallest absolute Gasteiger partial charge is 0.395 e. The van der Waals surface area contributed by atoms with Crippen molar-refractivity contribution in [2.45, 2.75) is 19.3 Å². The summed E-state index contributed by atoms with van der Waals surface area (Å²) in [4.78, 5) is 16.2. The number of halogens is 2. The summed E-state index contributed by atoms with van der Waals surface area (Å²) in [5.74, 6) is -0.251. The monoisotopic (exact) mass is 310 g/mol. The molecule has 3 rings (SSSR count). The molecule has 9 heteroatoms. The van der Waals surface area contributed by atoms with E-state index in [1.54, 1.807) is 12.1 Å². The highest BCUT2D eigenvalue weighted by Gasteiger charge is 2.44. The van der Waals surface area contributed by atoms with Crippen molar-refractivity contribution < 1.29 is 23.0 Å². The zero-order valence-corrected chi connectivity index (χ0v) is 11.4. The molecule has 2 aliphatic rings. The van der Waals surface area contributed by atoms with Gasteiger partial charge in [0.25, 0.3) is 0 Å². The van der Waals surface area contributed by atoms with Crippen LogP contribution in [0.25, 0.3) is 10.4 Å². The van der Waals surface area contributed by atoms with Crippen LogP contribution < -0.4 is 9.47 Å². The van der Waals surface area contributed by atoms with E-state index in [0.29, 0.717) is 12.1 Å². The number of fused-ring (bicyclic) bond motifs is 1. The van der Waals surface area contributed by atoms with Crippen LogP contribution in [0.4, 0.5) is 8.78 Å². The summed E-state index contributed by atoms with van der Waals surface area (Å²) < 4.78 is 35.2. The van der Waals surface area contributed by atoms with E-state index in [1.165, 1.54) is 11.0 Å². The Balaban J connectivity index is 1.74. The molecule has 2 heterocycles. The van der Waals surface area contributed by atoms with Gasteiger partial charge in [0.05, 0.1) is 0 Å². The molecule has 1 atom stereocenters. The number of rotatable bonds is 4. The number of ether oxygens (including phenoxy) is 2. The maximum atomic E-state index is 13.1. The van der Waals surface area contributed by atoms with Gasteiger partial charge in [-0.3, -0.25) is 4.79 Å². The lowest BCUT2D eigenvalue weighted by atomic mass is 10.1. The molecule has 1 aromatic rings. The molecule has 0 bridgehead atoms. The average Bonchev–Trinajstić information content (AvgIpc) is 2.96. The number of carbonyl (C=O) groups is 1. The van der Waals surface area contributed by atoms with Gasteiger partial charge < -0.3 is 14.4 Å². The Bertz CT molecular complexity index is 661. The van der Waals surface area contributed by atoms with E-state index in [9.17, 15) is 13.6 Å². The molecule has 0 radical (unpaired) electrons. The molecule has 0 aromatic heterocycles. The third kappa shape index (κ3) is 2.75. The quantitative estimate of drug-likeness (QED) is 0.486. The summed E-state index contributed by atoms with van der Waals surface area (Å²) in [6.45, 7) is 0.802. The van der Waals surface area contributed by atoms with Crippen LogP contribution in [-0.4, -0.2) is 30.2 Å². The summed E-state index contributed by atoms with van der Waals surface area (Å²) in [6.07, 6.45) is -3.40. The van der Waals surface area contributed by atoms with Gasteiger partial charge >= 0.3 is 6.29 Å². The van der Waals surface area contributed by atoms with Gasteiger partial charge in [0.2, 0.25) is 5.91 Å². The minimum atomic E-state index is -3.68. The van der Waals surface area contributed by atoms with Crippen molar-refractivity contribution in [2.75, 3.05) is 13.1 Å². The Kier molecular flexibility index (Phi) is 3.50. The zero-order chi connectivity index (χ0) is 15.7. The van der Waals surface area contributed by atoms with Gasteiger partial charge in [-0.1, -0.05) is 17.2 Å². The highest BCUT2D eigenvalue weighted by Crippen LogP contribution is 2.43. The molecule has 0 N–H and O–H groups in total. The molecule has 116 valence electrons. The zero-order valence-electron chi connectivity index (χ0n) is 11.4. The Morgan fingerprint density at radius 2 is 2.27 bits per heavy atom. The molecule has 22 heavy (non-hydrogen) atoms. The molecule has 1 amide bonds. The second kappa shape index (κ2) is 5.34. The first kappa shape index (κ1) is 14.4. The maximum absolute atomic E-state index is 13.1. The molecule has 1 aromatic carbocycles. The van der Waals surface area contributed by atoms with E-state index in [0.717, 1.165) is 0 Å². The normalized spacial score (nSPS) is 21.8. The summed E-state index contributed by atoms with van der Waals surface area (Å²) in [5.41, 5.74) is 8.76. The van der Waals surface area contributed by atoms with Crippen LogP contribution in [-0.2, 0) is 11.3 Å². The largest absolute Gasteiger partial charge is 0.586 e. The van der Waals surface area contributed by atoms with Crippen molar-refractivity contribution in [3.8, 4) is 11.5 Å². The van der Waals surface area contributed by atoms with Gasteiger partial charge in [-0.25, -0.2) is 0 Å². The average molecular weight is 310 g/mol. The third-order valence-electron chi connectivity index (χ3n) is 3.57. The molecule has 7 nitrogen and oxygen atoms in total. The Hall–Kier alpha value is -2.54. The van der Waals surface area contributed by atoms with Crippen molar-refractivity contribution in [2.24, 2.45) is 11.0 Å². The first-order valence-corrected chi connectivity index (χ1v) is 6.65. The summed E-state index contributed by atoms with van der Waals surface area (Å²) in [5, 5.41) is 3.46. The lowest BCUT2D eigenvalue weighted by molar-refractivity contribution is -0.287. The van der Waals surface area contributed by atoms with Gasteiger partial charge in [0.1, 0.15) is 0 Å².